The van der Waals surface area contributed by atoms with E-state index in [9.17, 15) is 4.39 Å². The van der Waals surface area contributed by atoms with Gasteiger partial charge in [-0.3, -0.25) is 4.90 Å². The first-order chi connectivity index (χ1) is 10.3. The van der Waals surface area contributed by atoms with Crippen molar-refractivity contribution in [3.63, 3.8) is 0 Å². The number of rotatable bonds is 2. The van der Waals surface area contributed by atoms with Gasteiger partial charge in [-0.05, 0) is 18.2 Å². The highest BCUT2D eigenvalue weighted by Crippen LogP contribution is 2.38. The molecule has 2 aliphatic rings. The number of nitrogens with one attached hydrogen (secondary N) is 1. The smallest absolute Gasteiger partial charge is 0.231 e. The van der Waals surface area contributed by atoms with Crippen LogP contribution >= 0.6 is 0 Å². The van der Waals surface area contributed by atoms with Crippen LogP contribution in [0, 0.1) is 5.82 Å². The second-order valence-electron chi connectivity index (χ2n) is 5.33. The van der Waals surface area contributed by atoms with E-state index < -0.39 is 0 Å². The number of halogens is 1. The standard InChI is InChI=1S/C16H14FNO3/c17-13-3-1-11(2-4-13)7-18-8-12-5-15-16(21-10-20-15)6-14(12)19-9-18/h1-6H,7-10H2/p+1. The SMILES string of the molecule is Fc1ccc(C[NH+]2COc3cc4c(cc3C2)OCO4)cc1. The Labute approximate surface area is 121 Å². The van der Waals surface area contributed by atoms with Crippen LogP contribution in [0.25, 0.3) is 0 Å². The van der Waals surface area contributed by atoms with Gasteiger partial charge in [-0.25, -0.2) is 4.39 Å². The van der Waals surface area contributed by atoms with E-state index in [1.807, 2.05) is 24.3 Å². The molecule has 0 radical (unpaired) electrons. The number of benzene rings is 2. The largest absolute Gasteiger partial charge is 0.454 e. The Morgan fingerprint density at radius 2 is 1.71 bits per heavy atom. The van der Waals surface area contributed by atoms with Crippen molar-refractivity contribution < 1.29 is 23.5 Å². The van der Waals surface area contributed by atoms with Crippen LogP contribution in [0.5, 0.6) is 17.2 Å². The summed E-state index contributed by atoms with van der Waals surface area (Å²) in [5, 5.41) is 0. The van der Waals surface area contributed by atoms with Crippen LogP contribution in [0.2, 0.25) is 0 Å². The molecule has 4 nitrogen and oxygen atoms in total. The van der Waals surface area contributed by atoms with Crippen LogP contribution in [0.1, 0.15) is 11.1 Å². The summed E-state index contributed by atoms with van der Waals surface area (Å²) in [5.41, 5.74) is 2.21. The molecule has 21 heavy (non-hydrogen) atoms. The first kappa shape index (κ1) is 12.5. The Kier molecular flexibility index (Phi) is 2.93. The first-order valence-electron chi connectivity index (χ1n) is 6.91. The second kappa shape index (κ2) is 4.93. The maximum absolute atomic E-state index is 12.9. The molecular weight excluding hydrogens is 273 g/mol. The van der Waals surface area contributed by atoms with Gasteiger partial charge in [0.1, 0.15) is 24.7 Å². The molecule has 0 spiro atoms. The summed E-state index contributed by atoms with van der Waals surface area (Å²) in [6.07, 6.45) is 0. The molecule has 1 N–H and O–H groups in total. The van der Waals surface area contributed by atoms with E-state index >= 15 is 0 Å². The molecule has 1 atom stereocenters. The second-order valence-corrected chi connectivity index (χ2v) is 5.33. The zero-order valence-corrected chi connectivity index (χ0v) is 11.4. The molecule has 0 aromatic heterocycles. The Hall–Kier alpha value is -2.27. The monoisotopic (exact) mass is 288 g/mol. The van der Waals surface area contributed by atoms with Gasteiger partial charge < -0.3 is 14.2 Å². The number of fused-ring (bicyclic) bond motifs is 2. The average molecular weight is 288 g/mol. The molecule has 1 unspecified atom stereocenters. The predicted molar refractivity (Wildman–Crippen MR) is 72.8 cm³/mol. The minimum absolute atomic E-state index is 0.207. The Morgan fingerprint density at radius 3 is 2.52 bits per heavy atom. The summed E-state index contributed by atoms with van der Waals surface area (Å²) in [7, 11) is 0. The van der Waals surface area contributed by atoms with Gasteiger partial charge in [0, 0.05) is 11.6 Å². The Morgan fingerprint density at radius 1 is 0.952 bits per heavy atom. The van der Waals surface area contributed by atoms with Crippen LogP contribution < -0.4 is 19.1 Å². The van der Waals surface area contributed by atoms with Gasteiger partial charge in [0.05, 0.1) is 5.56 Å². The van der Waals surface area contributed by atoms with Gasteiger partial charge in [-0.15, -0.1) is 0 Å². The van der Waals surface area contributed by atoms with Gasteiger partial charge in [-0.2, -0.15) is 0 Å². The molecule has 2 aromatic rings. The summed E-state index contributed by atoms with van der Waals surface area (Å²) in [6, 6.07) is 10.5. The lowest BCUT2D eigenvalue weighted by atomic mass is 10.1. The van der Waals surface area contributed by atoms with Crippen molar-refractivity contribution in [2.75, 3.05) is 13.5 Å². The molecule has 108 valence electrons. The number of hydrogen-bond donors (Lipinski definition) is 1. The summed E-state index contributed by atoms with van der Waals surface area (Å²) < 4.78 is 29.5. The van der Waals surface area contributed by atoms with Gasteiger partial charge in [-0.1, -0.05) is 12.1 Å². The highest BCUT2D eigenvalue weighted by Gasteiger charge is 2.25. The fourth-order valence-corrected chi connectivity index (χ4v) is 2.74. The van der Waals surface area contributed by atoms with E-state index in [0.717, 1.165) is 41.5 Å². The van der Waals surface area contributed by atoms with Gasteiger partial charge in [0.15, 0.2) is 11.5 Å². The molecule has 0 fully saturated rings. The van der Waals surface area contributed by atoms with E-state index in [-0.39, 0.29) is 12.6 Å². The summed E-state index contributed by atoms with van der Waals surface area (Å²) in [5.74, 6) is 2.18. The molecule has 0 aliphatic carbocycles. The van der Waals surface area contributed by atoms with Crippen molar-refractivity contribution in [3.05, 3.63) is 53.3 Å². The van der Waals surface area contributed by atoms with Gasteiger partial charge in [0.2, 0.25) is 13.5 Å². The topological polar surface area (TPSA) is 32.1 Å². The third-order valence-electron chi connectivity index (χ3n) is 3.80. The van der Waals surface area contributed by atoms with E-state index in [0.29, 0.717) is 6.73 Å². The fraction of sp³-hybridized carbons (Fsp3) is 0.250. The molecule has 5 heteroatoms. The molecular formula is C16H15FNO3+. The lowest BCUT2D eigenvalue weighted by molar-refractivity contribution is -0.945. The van der Waals surface area contributed by atoms with Crippen molar-refractivity contribution >= 4 is 0 Å². The molecule has 2 aliphatic heterocycles. The number of hydrogen-bond acceptors (Lipinski definition) is 3. The van der Waals surface area contributed by atoms with Crippen molar-refractivity contribution in [2.24, 2.45) is 0 Å². The lowest BCUT2D eigenvalue weighted by Gasteiger charge is -2.26. The van der Waals surface area contributed by atoms with E-state index in [1.54, 1.807) is 0 Å². The summed E-state index contributed by atoms with van der Waals surface area (Å²) in [4.78, 5) is 1.27. The Balaban J connectivity index is 1.52. The van der Waals surface area contributed by atoms with Gasteiger partial charge in [0.25, 0.3) is 0 Å². The minimum Gasteiger partial charge on any atom is -0.454 e. The van der Waals surface area contributed by atoms with Crippen molar-refractivity contribution in [1.29, 1.82) is 0 Å². The highest BCUT2D eigenvalue weighted by molar-refractivity contribution is 5.51. The maximum Gasteiger partial charge on any atom is 0.231 e. The normalized spacial score (nSPS) is 19.0. The third-order valence-corrected chi connectivity index (χ3v) is 3.80. The minimum atomic E-state index is -0.207. The number of quaternary nitrogens is 1. The lowest BCUT2D eigenvalue weighted by Crippen LogP contribution is -3.10. The molecule has 0 bridgehead atoms. The van der Waals surface area contributed by atoms with Crippen molar-refractivity contribution in [1.82, 2.24) is 0 Å². The summed E-state index contributed by atoms with van der Waals surface area (Å²) in [6.45, 7) is 2.51. The van der Waals surface area contributed by atoms with Crippen LogP contribution in [-0.2, 0) is 13.1 Å². The number of ether oxygens (including phenoxy) is 3. The maximum atomic E-state index is 12.9. The van der Waals surface area contributed by atoms with Crippen LogP contribution in [0.4, 0.5) is 4.39 Å². The van der Waals surface area contributed by atoms with Crippen LogP contribution in [0.15, 0.2) is 36.4 Å². The van der Waals surface area contributed by atoms with Crippen molar-refractivity contribution in [3.8, 4) is 17.2 Å². The fourth-order valence-electron chi connectivity index (χ4n) is 2.74. The third kappa shape index (κ3) is 2.40. The van der Waals surface area contributed by atoms with E-state index in [1.165, 1.54) is 17.0 Å². The molecule has 0 saturated heterocycles. The molecule has 2 aromatic carbocycles. The Bertz CT molecular complexity index is 672. The summed E-state index contributed by atoms with van der Waals surface area (Å²) >= 11 is 0. The predicted octanol–water partition coefficient (Wildman–Crippen LogP) is 1.49. The highest BCUT2D eigenvalue weighted by atomic mass is 19.1. The van der Waals surface area contributed by atoms with Crippen molar-refractivity contribution in [2.45, 2.75) is 13.1 Å². The van der Waals surface area contributed by atoms with Gasteiger partial charge >= 0.3 is 0 Å². The zero-order chi connectivity index (χ0) is 14.2. The first-order valence-corrected chi connectivity index (χ1v) is 6.91. The molecule has 0 saturated carbocycles. The zero-order valence-electron chi connectivity index (χ0n) is 11.4. The van der Waals surface area contributed by atoms with Crippen LogP contribution in [0.3, 0.4) is 0 Å². The molecule has 0 amide bonds. The van der Waals surface area contributed by atoms with E-state index in [2.05, 4.69) is 0 Å². The quantitative estimate of drug-likeness (QED) is 0.908. The molecule has 4 rings (SSSR count). The average Bonchev–Trinajstić information content (AvgIpc) is 2.94. The molecule has 2 heterocycles. The van der Waals surface area contributed by atoms with E-state index in [4.69, 9.17) is 14.2 Å². The van der Waals surface area contributed by atoms with Crippen LogP contribution in [-0.4, -0.2) is 13.5 Å².